The van der Waals surface area contributed by atoms with E-state index in [-0.39, 0.29) is 0 Å². The number of pyridine rings is 2. The highest BCUT2D eigenvalue weighted by Crippen LogP contribution is 2.42. The molecule has 0 spiro atoms. The van der Waals surface area contributed by atoms with Gasteiger partial charge in [-0.3, -0.25) is 4.98 Å². The van der Waals surface area contributed by atoms with E-state index in [0.29, 0.717) is 0 Å². The molecule has 0 bridgehead atoms. The van der Waals surface area contributed by atoms with E-state index in [9.17, 15) is 0 Å². The van der Waals surface area contributed by atoms with E-state index < -0.39 is 0 Å². The van der Waals surface area contributed by atoms with Crippen molar-refractivity contribution in [2.24, 2.45) is 0 Å². The normalized spacial score (nSPS) is 12.0. The van der Waals surface area contributed by atoms with Crippen molar-refractivity contribution in [2.45, 2.75) is 0 Å². The van der Waals surface area contributed by atoms with Crippen LogP contribution in [0.3, 0.4) is 0 Å². The third-order valence-electron chi connectivity index (χ3n) is 8.34. The van der Waals surface area contributed by atoms with E-state index in [1.54, 1.807) is 0 Å². The standard InChI is InChI=1S/C37H23N3/c1-5-16-32-25(9-1)22-35-28-13-2-3-15-30(28)36-34(40(32)35)19-18-31-29-14-4-6-17-33(29)39(37(31)36)27-12-7-10-24(21-27)26-11-8-20-38-23-26/h1-23H. The summed E-state index contributed by atoms with van der Waals surface area (Å²) in [5.74, 6) is 0. The number of benzene rings is 5. The fourth-order valence-electron chi connectivity index (χ4n) is 6.66. The van der Waals surface area contributed by atoms with Crippen LogP contribution in [-0.2, 0) is 0 Å². The minimum Gasteiger partial charge on any atom is -0.309 e. The Labute approximate surface area is 230 Å². The van der Waals surface area contributed by atoms with Crippen molar-refractivity contribution in [1.29, 1.82) is 0 Å². The van der Waals surface area contributed by atoms with Gasteiger partial charge in [-0.25, -0.2) is 0 Å². The van der Waals surface area contributed by atoms with Gasteiger partial charge in [-0.1, -0.05) is 84.9 Å². The number of rotatable bonds is 2. The zero-order valence-electron chi connectivity index (χ0n) is 21.6. The van der Waals surface area contributed by atoms with Crippen molar-refractivity contribution >= 4 is 59.9 Å². The van der Waals surface area contributed by atoms with Gasteiger partial charge in [-0.2, -0.15) is 0 Å². The second kappa shape index (κ2) is 8.05. The summed E-state index contributed by atoms with van der Waals surface area (Å²) in [6.45, 7) is 0. The van der Waals surface area contributed by atoms with Gasteiger partial charge in [0.2, 0.25) is 0 Å². The first-order chi connectivity index (χ1) is 19.9. The predicted octanol–water partition coefficient (Wildman–Crippen LogP) is 9.56. The fourth-order valence-corrected chi connectivity index (χ4v) is 6.66. The Morgan fingerprint density at radius 3 is 2.08 bits per heavy atom. The Morgan fingerprint density at radius 1 is 0.475 bits per heavy atom. The lowest BCUT2D eigenvalue weighted by molar-refractivity contribution is 1.18. The first kappa shape index (κ1) is 21.5. The Bertz CT molecular complexity index is 2430. The van der Waals surface area contributed by atoms with Gasteiger partial charge in [0.1, 0.15) is 0 Å². The highest BCUT2D eigenvalue weighted by Gasteiger charge is 2.20. The number of para-hydroxylation sites is 2. The molecule has 0 aliphatic rings. The summed E-state index contributed by atoms with van der Waals surface area (Å²) in [7, 11) is 0. The highest BCUT2D eigenvalue weighted by molar-refractivity contribution is 6.27. The minimum atomic E-state index is 1.11. The Hall–Kier alpha value is -5.41. The summed E-state index contributed by atoms with van der Waals surface area (Å²) in [6, 6.07) is 46.2. The smallest absolute Gasteiger partial charge is 0.0640 e. The Morgan fingerprint density at radius 2 is 1.23 bits per heavy atom. The first-order valence-electron chi connectivity index (χ1n) is 13.6. The third kappa shape index (κ3) is 2.86. The molecule has 0 aliphatic carbocycles. The molecule has 9 rings (SSSR count). The van der Waals surface area contributed by atoms with Crippen LogP contribution in [0, 0.1) is 0 Å². The molecule has 5 aromatic carbocycles. The zero-order chi connectivity index (χ0) is 26.2. The summed E-state index contributed by atoms with van der Waals surface area (Å²) in [5.41, 5.74) is 9.53. The summed E-state index contributed by atoms with van der Waals surface area (Å²) >= 11 is 0. The molecule has 0 amide bonds. The molecule has 0 aliphatic heterocycles. The zero-order valence-corrected chi connectivity index (χ0v) is 21.6. The molecule has 4 aromatic heterocycles. The van der Waals surface area contributed by atoms with Crippen LogP contribution < -0.4 is 0 Å². The summed E-state index contributed by atoms with van der Waals surface area (Å²) < 4.78 is 4.90. The molecule has 3 heteroatoms. The molecule has 0 saturated carbocycles. The van der Waals surface area contributed by atoms with E-state index in [4.69, 9.17) is 0 Å². The van der Waals surface area contributed by atoms with Crippen LogP contribution in [0.4, 0.5) is 0 Å². The largest absolute Gasteiger partial charge is 0.309 e. The number of fused-ring (bicyclic) bond motifs is 12. The van der Waals surface area contributed by atoms with Crippen molar-refractivity contribution in [2.75, 3.05) is 0 Å². The monoisotopic (exact) mass is 509 g/mol. The van der Waals surface area contributed by atoms with E-state index in [1.807, 2.05) is 18.5 Å². The molecule has 0 radical (unpaired) electrons. The SMILES string of the molecule is c1cncc(-c2cccc(-n3c4ccccc4c4ccc5c(c6ccccc6c6cc7ccccc7n65)c43)c2)c1. The topological polar surface area (TPSA) is 22.2 Å². The van der Waals surface area contributed by atoms with Crippen molar-refractivity contribution in [3.63, 3.8) is 0 Å². The van der Waals surface area contributed by atoms with E-state index in [1.165, 1.54) is 59.9 Å². The van der Waals surface area contributed by atoms with Gasteiger partial charge in [0.05, 0.1) is 27.6 Å². The van der Waals surface area contributed by atoms with Crippen LogP contribution in [-0.4, -0.2) is 14.0 Å². The average molecular weight is 510 g/mol. The molecule has 0 atom stereocenters. The van der Waals surface area contributed by atoms with Crippen LogP contribution in [0.25, 0.3) is 76.7 Å². The Kier molecular flexibility index (Phi) is 4.33. The van der Waals surface area contributed by atoms with Crippen LogP contribution >= 0.6 is 0 Å². The summed E-state index contributed by atoms with van der Waals surface area (Å²) in [6.07, 6.45) is 3.75. The van der Waals surface area contributed by atoms with Crippen molar-refractivity contribution in [3.8, 4) is 16.8 Å². The van der Waals surface area contributed by atoms with E-state index >= 15 is 0 Å². The number of hydrogen-bond acceptors (Lipinski definition) is 1. The molecule has 40 heavy (non-hydrogen) atoms. The second-order valence-corrected chi connectivity index (χ2v) is 10.5. The highest BCUT2D eigenvalue weighted by atomic mass is 15.0. The average Bonchev–Trinajstić information content (AvgIpc) is 3.58. The van der Waals surface area contributed by atoms with Gasteiger partial charge < -0.3 is 8.97 Å². The Balaban J connectivity index is 1.52. The molecular weight excluding hydrogens is 486 g/mol. The van der Waals surface area contributed by atoms with Crippen LogP contribution in [0.5, 0.6) is 0 Å². The van der Waals surface area contributed by atoms with Crippen LogP contribution in [0.2, 0.25) is 0 Å². The quantitative estimate of drug-likeness (QED) is 0.213. The summed E-state index contributed by atoms with van der Waals surface area (Å²) in [5, 5.41) is 7.57. The van der Waals surface area contributed by atoms with Crippen molar-refractivity contribution < 1.29 is 0 Å². The lowest BCUT2D eigenvalue weighted by atomic mass is 10.0. The molecule has 4 heterocycles. The van der Waals surface area contributed by atoms with Gasteiger partial charge in [-0.05, 0) is 53.4 Å². The summed E-state index contributed by atoms with van der Waals surface area (Å²) in [4.78, 5) is 4.37. The maximum Gasteiger partial charge on any atom is 0.0640 e. The minimum absolute atomic E-state index is 1.11. The van der Waals surface area contributed by atoms with Gasteiger partial charge >= 0.3 is 0 Å². The number of nitrogens with zero attached hydrogens (tertiary/aromatic N) is 3. The lowest BCUT2D eigenvalue weighted by Gasteiger charge is -2.15. The maximum absolute atomic E-state index is 4.37. The van der Waals surface area contributed by atoms with Gasteiger partial charge in [0, 0.05) is 50.6 Å². The van der Waals surface area contributed by atoms with E-state index in [0.717, 1.165) is 16.8 Å². The van der Waals surface area contributed by atoms with Crippen LogP contribution in [0.15, 0.2) is 140 Å². The second-order valence-electron chi connectivity index (χ2n) is 10.5. The van der Waals surface area contributed by atoms with Crippen LogP contribution in [0.1, 0.15) is 0 Å². The van der Waals surface area contributed by atoms with Crippen molar-refractivity contribution in [1.82, 2.24) is 14.0 Å². The molecule has 0 fully saturated rings. The molecule has 0 N–H and O–H groups in total. The first-order valence-corrected chi connectivity index (χ1v) is 13.6. The molecule has 9 aromatic rings. The molecule has 0 unspecified atom stereocenters. The molecule has 186 valence electrons. The fraction of sp³-hybridized carbons (Fsp3) is 0. The van der Waals surface area contributed by atoms with Crippen molar-refractivity contribution in [3.05, 3.63) is 140 Å². The lowest BCUT2D eigenvalue weighted by Crippen LogP contribution is -1.97. The molecule has 3 nitrogen and oxygen atoms in total. The molecule has 0 saturated heterocycles. The van der Waals surface area contributed by atoms with Gasteiger partial charge in [0.25, 0.3) is 0 Å². The van der Waals surface area contributed by atoms with Gasteiger partial charge in [0.15, 0.2) is 0 Å². The predicted molar refractivity (Wildman–Crippen MR) is 167 cm³/mol. The van der Waals surface area contributed by atoms with Gasteiger partial charge in [-0.15, -0.1) is 0 Å². The number of aromatic nitrogens is 3. The molecular formula is C37H23N3. The number of hydrogen-bond donors (Lipinski definition) is 0. The third-order valence-corrected chi connectivity index (χ3v) is 8.34. The van der Waals surface area contributed by atoms with E-state index in [2.05, 4.69) is 135 Å². The maximum atomic E-state index is 4.37.